The third-order valence-corrected chi connectivity index (χ3v) is 4.36. The van der Waals surface area contributed by atoms with Crippen molar-refractivity contribution >= 4 is 17.3 Å². The molecule has 1 heterocycles. The molecule has 1 amide bonds. The number of benzene rings is 2. The predicted octanol–water partition coefficient (Wildman–Crippen LogP) is 3.47. The molecule has 26 heavy (non-hydrogen) atoms. The fourth-order valence-corrected chi connectivity index (χ4v) is 2.95. The maximum absolute atomic E-state index is 12.5. The van der Waals surface area contributed by atoms with E-state index in [2.05, 4.69) is 22.3 Å². The fraction of sp³-hybridized carbons (Fsp3) is 0.316. The van der Waals surface area contributed by atoms with Crippen LogP contribution in [0, 0.1) is 0 Å². The van der Waals surface area contributed by atoms with Gasteiger partial charge in [0.15, 0.2) is 0 Å². The number of hydrogen-bond acceptors (Lipinski definition) is 3. The summed E-state index contributed by atoms with van der Waals surface area (Å²) in [4.78, 5) is 16.4. The highest BCUT2D eigenvalue weighted by Crippen LogP contribution is 2.29. The van der Waals surface area contributed by atoms with Crippen LogP contribution in [0.3, 0.4) is 0 Å². The lowest BCUT2D eigenvalue weighted by atomic mass is 10.2. The number of amides is 1. The number of rotatable bonds is 4. The second kappa shape index (κ2) is 7.78. The Morgan fingerprint density at radius 2 is 1.54 bits per heavy atom. The van der Waals surface area contributed by atoms with Crippen LogP contribution in [0.4, 0.5) is 24.5 Å². The van der Waals surface area contributed by atoms with Crippen LogP contribution in [-0.2, 0) is 11.0 Å². The van der Waals surface area contributed by atoms with Gasteiger partial charge in [-0.05, 0) is 36.4 Å². The van der Waals surface area contributed by atoms with E-state index in [1.54, 1.807) is 0 Å². The molecule has 4 nitrogen and oxygen atoms in total. The molecular weight excluding hydrogens is 343 g/mol. The lowest BCUT2D eigenvalue weighted by Gasteiger charge is -2.35. The van der Waals surface area contributed by atoms with Gasteiger partial charge in [-0.3, -0.25) is 9.69 Å². The fourth-order valence-electron chi connectivity index (χ4n) is 2.95. The van der Waals surface area contributed by atoms with Gasteiger partial charge in [-0.2, -0.15) is 13.2 Å². The monoisotopic (exact) mass is 363 g/mol. The van der Waals surface area contributed by atoms with E-state index in [4.69, 9.17) is 0 Å². The maximum atomic E-state index is 12.5. The minimum atomic E-state index is -4.37. The van der Waals surface area contributed by atoms with Crippen LogP contribution in [-0.4, -0.2) is 43.5 Å². The van der Waals surface area contributed by atoms with Gasteiger partial charge in [0.1, 0.15) is 0 Å². The van der Waals surface area contributed by atoms with Crippen LogP contribution < -0.4 is 10.2 Å². The highest BCUT2D eigenvalue weighted by Gasteiger charge is 2.30. The molecule has 0 radical (unpaired) electrons. The number of alkyl halides is 3. The van der Waals surface area contributed by atoms with E-state index >= 15 is 0 Å². The van der Waals surface area contributed by atoms with Crippen LogP contribution in [0.5, 0.6) is 0 Å². The maximum Gasteiger partial charge on any atom is 0.416 e. The Morgan fingerprint density at radius 1 is 0.923 bits per heavy atom. The molecule has 1 saturated heterocycles. The number of carbonyl (C=O) groups is 1. The number of piperazine rings is 1. The molecule has 0 aromatic heterocycles. The van der Waals surface area contributed by atoms with Crippen LogP contribution >= 0.6 is 0 Å². The van der Waals surface area contributed by atoms with E-state index < -0.39 is 11.7 Å². The minimum Gasteiger partial charge on any atom is -0.369 e. The Kier molecular flexibility index (Phi) is 5.46. The highest BCUT2D eigenvalue weighted by molar-refractivity contribution is 5.92. The minimum absolute atomic E-state index is 0.224. The van der Waals surface area contributed by atoms with Crippen LogP contribution in [0.2, 0.25) is 0 Å². The first kappa shape index (κ1) is 18.3. The Morgan fingerprint density at radius 3 is 2.12 bits per heavy atom. The van der Waals surface area contributed by atoms with Crippen molar-refractivity contribution in [2.75, 3.05) is 42.9 Å². The van der Waals surface area contributed by atoms with E-state index in [0.717, 1.165) is 38.3 Å². The Labute approximate surface area is 150 Å². The van der Waals surface area contributed by atoms with Crippen LogP contribution in [0.1, 0.15) is 5.56 Å². The van der Waals surface area contributed by atoms with Gasteiger partial charge in [0.2, 0.25) is 5.91 Å². The van der Waals surface area contributed by atoms with Crippen molar-refractivity contribution in [2.24, 2.45) is 0 Å². The molecule has 0 saturated carbocycles. The number of carbonyl (C=O) groups excluding carboxylic acids is 1. The first-order chi connectivity index (χ1) is 12.4. The highest BCUT2D eigenvalue weighted by atomic mass is 19.4. The van der Waals surface area contributed by atoms with E-state index in [1.807, 2.05) is 23.1 Å². The SMILES string of the molecule is O=C(CN1CCN(c2ccccc2)CC1)Nc1ccc(C(F)(F)F)cc1. The van der Waals surface area contributed by atoms with Crippen LogP contribution in [0.15, 0.2) is 54.6 Å². The largest absolute Gasteiger partial charge is 0.416 e. The van der Waals surface area contributed by atoms with Crippen molar-refractivity contribution in [1.29, 1.82) is 0 Å². The number of hydrogen-bond donors (Lipinski definition) is 1. The van der Waals surface area contributed by atoms with Gasteiger partial charge in [-0.15, -0.1) is 0 Å². The lowest BCUT2D eigenvalue weighted by molar-refractivity contribution is -0.137. The summed E-state index contributed by atoms with van der Waals surface area (Å²) in [6, 6.07) is 14.6. The third-order valence-electron chi connectivity index (χ3n) is 4.36. The van der Waals surface area contributed by atoms with Gasteiger partial charge in [-0.1, -0.05) is 18.2 Å². The first-order valence-corrected chi connectivity index (χ1v) is 8.41. The third kappa shape index (κ3) is 4.76. The molecule has 138 valence electrons. The van der Waals surface area contributed by atoms with Crippen molar-refractivity contribution in [3.8, 4) is 0 Å². The van der Waals surface area contributed by atoms with E-state index in [1.165, 1.54) is 17.8 Å². The summed E-state index contributed by atoms with van der Waals surface area (Å²) in [5.74, 6) is -0.224. The summed E-state index contributed by atoms with van der Waals surface area (Å²) in [5.41, 5.74) is 0.805. The molecule has 2 aromatic rings. The quantitative estimate of drug-likeness (QED) is 0.904. The van der Waals surface area contributed by atoms with Gasteiger partial charge < -0.3 is 10.2 Å². The topological polar surface area (TPSA) is 35.6 Å². The Balaban J connectivity index is 1.47. The van der Waals surface area contributed by atoms with E-state index in [-0.39, 0.29) is 12.5 Å². The molecule has 7 heteroatoms. The Bertz CT molecular complexity index is 724. The zero-order chi connectivity index (χ0) is 18.6. The van der Waals surface area contributed by atoms with Crippen molar-refractivity contribution in [1.82, 2.24) is 4.90 Å². The molecule has 1 aliphatic rings. The summed E-state index contributed by atoms with van der Waals surface area (Å²) in [6.45, 7) is 3.41. The number of para-hydroxylation sites is 1. The molecule has 2 aromatic carbocycles. The van der Waals surface area contributed by atoms with Crippen LogP contribution in [0.25, 0.3) is 0 Å². The summed E-state index contributed by atoms with van der Waals surface area (Å²) in [7, 11) is 0. The van der Waals surface area contributed by atoms with E-state index in [9.17, 15) is 18.0 Å². The summed E-state index contributed by atoms with van der Waals surface area (Å²) in [6.07, 6.45) is -4.37. The smallest absolute Gasteiger partial charge is 0.369 e. The number of nitrogens with zero attached hydrogens (tertiary/aromatic N) is 2. The molecule has 3 rings (SSSR count). The Hall–Kier alpha value is -2.54. The van der Waals surface area contributed by atoms with E-state index in [0.29, 0.717) is 5.69 Å². The second-order valence-corrected chi connectivity index (χ2v) is 6.22. The second-order valence-electron chi connectivity index (χ2n) is 6.22. The van der Waals surface area contributed by atoms with Gasteiger partial charge in [-0.25, -0.2) is 0 Å². The van der Waals surface area contributed by atoms with Gasteiger partial charge in [0.05, 0.1) is 12.1 Å². The average Bonchev–Trinajstić information content (AvgIpc) is 2.63. The molecule has 0 aliphatic carbocycles. The van der Waals surface area contributed by atoms with Crippen molar-refractivity contribution in [3.63, 3.8) is 0 Å². The molecule has 0 atom stereocenters. The zero-order valence-corrected chi connectivity index (χ0v) is 14.2. The number of nitrogens with one attached hydrogen (secondary N) is 1. The summed E-state index contributed by atoms with van der Waals surface area (Å²) < 4.78 is 37.6. The molecular formula is C19H20F3N3O. The van der Waals surface area contributed by atoms with Gasteiger partial charge >= 0.3 is 6.18 Å². The average molecular weight is 363 g/mol. The van der Waals surface area contributed by atoms with Gasteiger partial charge in [0.25, 0.3) is 0 Å². The number of halogens is 3. The molecule has 1 N–H and O–H groups in total. The molecule has 1 fully saturated rings. The predicted molar refractivity (Wildman–Crippen MR) is 95.2 cm³/mol. The lowest BCUT2D eigenvalue weighted by Crippen LogP contribution is -2.48. The van der Waals surface area contributed by atoms with Crippen molar-refractivity contribution < 1.29 is 18.0 Å². The zero-order valence-electron chi connectivity index (χ0n) is 14.2. The first-order valence-electron chi connectivity index (χ1n) is 8.41. The van der Waals surface area contributed by atoms with Gasteiger partial charge in [0, 0.05) is 37.6 Å². The molecule has 0 unspecified atom stereocenters. The summed E-state index contributed by atoms with van der Waals surface area (Å²) in [5, 5.41) is 2.65. The standard InChI is InChI=1S/C19H20F3N3O/c20-19(21,22)15-6-8-16(9-7-15)23-18(26)14-24-10-12-25(13-11-24)17-4-2-1-3-5-17/h1-9H,10-14H2,(H,23,26). The van der Waals surface area contributed by atoms with Crippen molar-refractivity contribution in [3.05, 3.63) is 60.2 Å². The normalized spacial score (nSPS) is 15.7. The summed E-state index contributed by atoms with van der Waals surface area (Å²) >= 11 is 0. The van der Waals surface area contributed by atoms with Crippen molar-refractivity contribution in [2.45, 2.75) is 6.18 Å². The molecule has 0 bridgehead atoms. The number of anilines is 2. The molecule has 0 spiro atoms. The molecule has 1 aliphatic heterocycles.